The minimum atomic E-state index is -0.716. The van der Waals surface area contributed by atoms with Crippen molar-refractivity contribution in [1.29, 1.82) is 0 Å². The minimum Gasteiger partial charge on any atom is -0.491 e. The van der Waals surface area contributed by atoms with Gasteiger partial charge in [0.25, 0.3) is 5.56 Å². The fourth-order valence-electron chi connectivity index (χ4n) is 5.04. The molecule has 210 valence electrons. The van der Waals surface area contributed by atoms with Crippen molar-refractivity contribution < 1.29 is 28.5 Å². The molecule has 1 unspecified atom stereocenters. The van der Waals surface area contributed by atoms with Crippen LogP contribution in [0, 0.1) is 17.6 Å². The molecule has 0 saturated carbocycles. The Morgan fingerprint density at radius 3 is 2.52 bits per heavy atom. The number of halogens is 2. The van der Waals surface area contributed by atoms with Crippen LogP contribution in [0.15, 0.2) is 59.4 Å². The number of fused-ring (bicyclic) bond motifs is 1. The lowest BCUT2D eigenvalue weighted by atomic mass is 9.99. The largest absolute Gasteiger partial charge is 0.491 e. The zero-order valence-electron chi connectivity index (χ0n) is 21.9. The number of ether oxygens (including phenoxy) is 2. The zero-order valence-corrected chi connectivity index (χ0v) is 21.9. The summed E-state index contributed by atoms with van der Waals surface area (Å²) in [5.74, 6) is 0.0243. The summed E-state index contributed by atoms with van der Waals surface area (Å²) in [7, 11) is 0. The highest BCUT2D eigenvalue weighted by Gasteiger charge is 2.22. The molecular formula is C30H31F2N3O5. The van der Waals surface area contributed by atoms with E-state index in [4.69, 9.17) is 19.6 Å². The van der Waals surface area contributed by atoms with Crippen molar-refractivity contribution in [3.8, 4) is 34.0 Å². The second-order valence-electron chi connectivity index (χ2n) is 9.72. The van der Waals surface area contributed by atoms with Gasteiger partial charge in [-0.15, -0.1) is 0 Å². The van der Waals surface area contributed by atoms with E-state index in [2.05, 4.69) is 5.32 Å². The van der Waals surface area contributed by atoms with Gasteiger partial charge in [-0.1, -0.05) is 6.07 Å². The van der Waals surface area contributed by atoms with Crippen LogP contribution < -0.4 is 20.3 Å². The second kappa shape index (κ2) is 12.5. The maximum absolute atomic E-state index is 14.6. The highest BCUT2D eigenvalue weighted by molar-refractivity contribution is 5.85. The van der Waals surface area contributed by atoms with E-state index in [9.17, 15) is 18.7 Å². The fraction of sp³-hybridized carbons (Fsp3) is 0.333. The highest BCUT2D eigenvalue weighted by Crippen LogP contribution is 2.34. The second-order valence-corrected chi connectivity index (χ2v) is 9.72. The number of hydrogen-bond donors (Lipinski definition) is 3. The predicted octanol–water partition coefficient (Wildman–Crippen LogP) is 3.75. The van der Waals surface area contributed by atoms with Gasteiger partial charge in [-0.2, -0.15) is 0 Å². The van der Waals surface area contributed by atoms with Gasteiger partial charge < -0.3 is 25.0 Å². The number of hydrogen-bond acceptors (Lipinski definition) is 7. The third-order valence-corrected chi connectivity index (χ3v) is 6.94. The van der Waals surface area contributed by atoms with Crippen molar-refractivity contribution in [2.75, 3.05) is 39.5 Å². The molecule has 8 nitrogen and oxygen atoms in total. The molecule has 1 aliphatic rings. The average molecular weight is 552 g/mol. The first-order valence-electron chi connectivity index (χ1n) is 13.3. The van der Waals surface area contributed by atoms with Crippen molar-refractivity contribution in [1.82, 2.24) is 14.9 Å². The molecule has 10 heteroatoms. The van der Waals surface area contributed by atoms with E-state index < -0.39 is 11.6 Å². The number of nitrogens with one attached hydrogen (secondary N) is 1. The molecule has 0 radical (unpaired) electrons. The van der Waals surface area contributed by atoms with Gasteiger partial charge in [0, 0.05) is 24.2 Å². The van der Waals surface area contributed by atoms with E-state index in [1.807, 2.05) is 0 Å². The lowest BCUT2D eigenvalue weighted by Gasteiger charge is -2.25. The molecule has 3 N–H and O–H groups in total. The molecule has 1 aliphatic heterocycles. The third kappa shape index (κ3) is 5.99. The van der Waals surface area contributed by atoms with E-state index >= 15 is 0 Å². The molecule has 40 heavy (non-hydrogen) atoms. The number of piperidine rings is 1. The first-order chi connectivity index (χ1) is 19.5. The van der Waals surface area contributed by atoms with Crippen LogP contribution in [0.3, 0.4) is 0 Å². The topological polar surface area (TPSA) is 106 Å². The summed E-state index contributed by atoms with van der Waals surface area (Å²) in [5, 5.41) is 22.2. The van der Waals surface area contributed by atoms with Gasteiger partial charge in [-0.25, -0.2) is 13.8 Å². The molecule has 1 saturated heterocycles. The highest BCUT2D eigenvalue weighted by atomic mass is 19.1. The maximum Gasteiger partial charge on any atom is 0.261 e. The fourth-order valence-corrected chi connectivity index (χ4v) is 5.04. The standard InChI is InChI=1S/C30H31F2N3O5/c31-21-4-6-23(26(32)15-21)20-3-8-27-25(14-20)30(38)35(18-19-2-1-9-33-17-19)29(34-27)24-7-5-22(39-12-10-36)16-28(24)40-13-11-37/h3-8,14-16,19,33,36-37H,1-2,9-13,17-18H2. The van der Waals surface area contributed by atoms with E-state index in [0.29, 0.717) is 45.9 Å². The third-order valence-electron chi connectivity index (χ3n) is 6.94. The molecule has 1 atom stereocenters. The number of rotatable bonds is 10. The van der Waals surface area contributed by atoms with Crippen LogP contribution in [-0.4, -0.2) is 59.3 Å². The Morgan fingerprint density at radius 1 is 0.975 bits per heavy atom. The Balaban J connectivity index is 1.67. The zero-order chi connectivity index (χ0) is 28.1. The minimum absolute atomic E-state index is 0.0212. The summed E-state index contributed by atoms with van der Waals surface area (Å²) in [6.07, 6.45) is 1.94. The molecule has 0 spiro atoms. The predicted molar refractivity (Wildman–Crippen MR) is 148 cm³/mol. The van der Waals surface area contributed by atoms with E-state index in [1.165, 1.54) is 12.1 Å². The van der Waals surface area contributed by atoms with E-state index in [0.717, 1.165) is 32.0 Å². The van der Waals surface area contributed by atoms with Gasteiger partial charge in [-0.05, 0) is 73.8 Å². The van der Waals surface area contributed by atoms with Crippen LogP contribution in [0.1, 0.15) is 12.8 Å². The van der Waals surface area contributed by atoms with Crippen LogP contribution in [0.4, 0.5) is 8.78 Å². The molecule has 1 aromatic heterocycles. The smallest absolute Gasteiger partial charge is 0.261 e. The molecule has 5 rings (SSSR count). The van der Waals surface area contributed by atoms with E-state index in [-0.39, 0.29) is 43.5 Å². The monoisotopic (exact) mass is 551 g/mol. The van der Waals surface area contributed by atoms with Crippen LogP contribution in [0.25, 0.3) is 33.4 Å². The van der Waals surface area contributed by atoms with Crippen LogP contribution in [0.2, 0.25) is 0 Å². The van der Waals surface area contributed by atoms with Crippen molar-refractivity contribution in [3.05, 3.63) is 76.6 Å². The molecule has 0 amide bonds. The Bertz CT molecular complexity index is 1550. The summed E-state index contributed by atoms with van der Waals surface area (Å²) < 4.78 is 41.1. The number of aliphatic hydroxyl groups excluding tert-OH is 2. The van der Waals surface area contributed by atoms with Gasteiger partial charge in [0.05, 0.1) is 29.7 Å². The Kier molecular flexibility index (Phi) is 8.69. The van der Waals surface area contributed by atoms with E-state index in [1.54, 1.807) is 41.0 Å². The number of nitrogens with zero attached hydrogens (tertiary/aromatic N) is 2. The quantitative estimate of drug-likeness (QED) is 0.276. The number of aliphatic hydroxyl groups is 2. The molecule has 0 aliphatic carbocycles. The molecular weight excluding hydrogens is 520 g/mol. The molecule has 3 aromatic carbocycles. The van der Waals surface area contributed by atoms with Crippen molar-refractivity contribution in [3.63, 3.8) is 0 Å². The van der Waals surface area contributed by atoms with Gasteiger partial charge >= 0.3 is 0 Å². The van der Waals surface area contributed by atoms with Crippen molar-refractivity contribution in [2.45, 2.75) is 19.4 Å². The summed E-state index contributed by atoms with van der Waals surface area (Å²) in [5.41, 5.74) is 1.30. The number of benzene rings is 3. The maximum atomic E-state index is 14.6. The van der Waals surface area contributed by atoms with Crippen molar-refractivity contribution >= 4 is 10.9 Å². The Labute approximate surface area is 229 Å². The summed E-state index contributed by atoms with van der Waals surface area (Å²) in [4.78, 5) is 18.9. The normalized spacial score (nSPS) is 15.3. The Hall–Kier alpha value is -3.86. The van der Waals surface area contributed by atoms with Crippen LogP contribution in [0.5, 0.6) is 11.5 Å². The van der Waals surface area contributed by atoms with Gasteiger partial charge in [-0.3, -0.25) is 9.36 Å². The molecule has 1 fully saturated rings. The van der Waals surface area contributed by atoms with Gasteiger partial charge in [0.2, 0.25) is 0 Å². The van der Waals surface area contributed by atoms with Gasteiger partial charge in [0.15, 0.2) is 0 Å². The lowest BCUT2D eigenvalue weighted by molar-refractivity contribution is 0.195. The van der Waals surface area contributed by atoms with Gasteiger partial charge in [0.1, 0.15) is 42.2 Å². The first-order valence-corrected chi connectivity index (χ1v) is 13.3. The average Bonchev–Trinajstić information content (AvgIpc) is 2.97. The molecule has 4 aromatic rings. The molecule has 0 bridgehead atoms. The lowest BCUT2D eigenvalue weighted by Crippen LogP contribution is -2.35. The number of aromatic nitrogens is 2. The first kappa shape index (κ1) is 27.7. The molecule has 2 heterocycles. The Morgan fingerprint density at radius 2 is 1.77 bits per heavy atom. The summed E-state index contributed by atoms with van der Waals surface area (Å²) in [6.45, 7) is 1.84. The van der Waals surface area contributed by atoms with Crippen LogP contribution in [-0.2, 0) is 6.54 Å². The van der Waals surface area contributed by atoms with Crippen LogP contribution >= 0.6 is 0 Å². The summed E-state index contributed by atoms with van der Waals surface area (Å²) >= 11 is 0. The SMILES string of the molecule is O=c1c2cc(-c3ccc(F)cc3F)ccc2nc(-c2ccc(OCCO)cc2OCCO)n1CC1CCCNC1. The summed E-state index contributed by atoms with van der Waals surface area (Å²) in [6, 6.07) is 13.3. The van der Waals surface area contributed by atoms with Crippen molar-refractivity contribution in [2.24, 2.45) is 5.92 Å².